The molecule has 110 valence electrons. The van der Waals surface area contributed by atoms with Crippen LogP contribution in [-0.4, -0.2) is 14.8 Å². The number of nitrogens with zero attached hydrogens (tertiary/aromatic N) is 3. The van der Waals surface area contributed by atoms with Gasteiger partial charge in [0.05, 0.1) is 5.69 Å². The summed E-state index contributed by atoms with van der Waals surface area (Å²) in [5.74, 6) is 0. The Morgan fingerprint density at radius 1 is 1.24 bits per heavy atom. The van der Waals surface area contributed by atoms with E-state index in [-0.39, 0.29) is 0 Å². The van der Waals surface area contributed by atoms with Crippen molar-refractivity contribution in [3.05, 3.63) is 45.4 Å². The molecule has 0 bridgehead atoms. The monoisotopic (exact) mass is 300 g/mol. The molecule has 3 aromatic heterocycles. The number of aromatic nitrogens is 3. The topological polar surface area (TPSA) is 42.7 Å². The highest BCUT2D eigenvalue weighted by atomic mass is 32.1. The summed E-state index contributed by atoms with van der Waals surface area (Å²) in [4.78, 5) is 7.34. The van der Waals surface area contributed by atoms with Gasteiger partial charge >= 0.3 is 0 Å². The predicted octanol–water partition coefficient (Wildman–Crippen LogP) is 3.19. The zero-order valence-electron chi connectivity index (χ0n) is 12.7. The predicted molar refractivity (Wildman–Crippen MR) is 87.5 cm³/mol. The Labute approximate surface area is 128 Å². The van der Waals surface area contributed by atoms with Crippen LogP contribution in [0.15, 0.2) is 24.4 Å². The Morgan fingerprint density at radius 3 is 2.81 bits per heavy atom. The van der Waals surface area contributed by atoms with E-state index in [0.717, 1.165) is 36.2 Å². The molecule has 0 fully saturated rings. The number of aryl methyl sites for hydroxylation is 3. The average Bonchev–Trinajstić information content (AvgIpc) is 3.05. The summed E-state index contributed by atoms with van der Waals surface area (Å²) in [6.07, 6.45) is 3.05. The molecule has 0 aliphatic heterocycles. The quantitative estimate of drug-likeness (QED) is 0.787. The summed E-state index contributed by atoms with van der Waals surface area (Å²) >= 11 is 1.88. The fourth-order valence-corrected chi connectivity index (χ4v) is 3.41. The molecule has 0 saturated carbocycles. The molecule has 1 N–H and O–H groups in total. The van der Waals surface area contributed by atoms with Gasteiger partial charge in [0, 0.05) is 41.5 Å². The first kappa shape index (κ1) is 14.2. The fourth-order valence-electron chi connectivity index (χ4n) is 2.49. The van der Waals surface area contributed by atoms with Crippen LogP contribution < -0.4 is 5.32 Å². The molecule has 5 heteroatoms. The second-order valence-electron chi connectivity index (χ2n) is 5.25. The standard InChI is InChI=1S/C16H20N4S/c1-4-13-5-6-14(21-13)10-17-8-12-7-15-11(2)19-20(3)16(15)18-9-12/h5-7,9,17H,4,8,10H2,1-3H3. The molecular weight excluding hydrogens is 280 g/mol. The summed E-state index contributed by atoms with van der Waals surface area (Å²) in [5.41, 5.74) is 3.18. The lowest BCUT2D eigenvalue weighted by molar-refractivity contribution is 0.699. The Bertz CT molecular complexity index is 757. The second-order valence-corrected chi connectivity index (χ2v) is 6.50. The molecule has 0 aliphatic rings. The van der Waals surface area contributed by atoms with Crippen molar-refractivity contribution in [3.8, 4) is 0 Å². The minimum Gasteiger partial charge on any atom is -0.308 e. The highest BCUT2D eigenvalue weighted by Crippen LogP contribution is 2.18. The van der Waals surface area contributed by atoms with Crippen LogP contribution in [0.1, 0.15) is 27.9 Å². The molecule has 4 nitrogen and oxygen atoms in total. The smallest absolute Gasteiger partial charge is 0.157 e. The van der Waals surface area contributed by atoms with Gasteiger partial charge in [-0.1, -0.05) is 6.92 Å². The summed E-state index contributed by atoms with van der Waals surface area (Å²) in [5, 5.41) is 9.04. The van der Waals surface area contributed by atoms with Gasteiger partial charge in [-0.05, 0) is 37.1 Å². The third-order valence-electron chi connectivity index (χ3n) is 3.61. The van der Waals surface area contributed by atoms with E-state index in [2.05, 4.69) is 40.5 Å². The van der Waals surface area contributed by atoms with Gasteiger partial charge in [0.2, 0.25) is 0 Å². The maximum absolute atomic E-state index is 4.51. The first-order valence-corrected chi connectivity index (χ1v) is 8.05. The highest BCUT2D eigenvalue weighted by molar-refractivity contribution is 7.11. The van der Waals surface area contributed by atoms with Crippen LogP contribution in [-0.2, 0) is 26.6 Å². The van der Waals surface area contributed by atoms with Crippen molar-refractivity contribution in [3.63, 3.8) is 0 Å². The van der Waals surface area contributed by atoms with Crippen molar-refractivity contribution >= 4 is 22.4 Å². The van der Waals surface area contributed by atoms with Crippen LogP contribution in [0.5, 0.6) is 0 Å². The van der Waals surface area contributed by atoms with E-state index in [0.29, 0.717) is 0 Å². The Hall–Kier alpha value is -1.72. The zero-order chi connectivity index (χ0) is 14.8. The molecular formula is C16H20N4S. The largest absolute Gasteiger partial charge is 0.308 e. The summed E-state index contributed by atoms with van der Waals surface area (Å²) in [6.45, 7) is 5.96. The molecule has 3 rings (SSSR count). The van der Waals surface area contributed by atoms with Crippen molar-refractivity contribution < 1.29 is 0 Å². The molecule has 0 radical (unpaired) electrons. The molecule has 0 aliphatic carbocycles. The van der Waals surface area contributed by atoms with E-state index in [9.17, 15) is 0 Å². The van der Waals surface area contributed by atoms with Crippen LogP contribution in [0.25, 0.3) is 11.0 Å². The van der Waals surface area contributed by atoms with Crippen LogP contribution in [0.4, 0.5) is 0 Å². The van der Waals surface area contributed by atoms with E-state index >= 15 is 0 Å². The van der Waals surface area contributed by atoms with Gasteiger partial charge in [-0.3, -0.25) is 4.68 Å². The third kappa shape index (κ3) is 2.99. The van der Waals surface area contributed by atoms with E-state index in [1.165, 1.54) is 15.3 Å². The SMILES string of the molecule is CCc1ccc(CNCc2cnc3c(c2)c(C)nn3C)s1. The minimum absolute atomic E-state index is 0.830. The molecule has 0 amide bonds. The first-order valence-electron chi connectivity index (χ1n) is 7.24. The zero-order valence-corrected chi connectivity index (χ0v) is 13.5. The Balaban J connectivity index is 1.66. The van der Waals surface area contributed by atoms with Gasteiger partial charge in [-0.15, -0.1) is 11.3 Å². The Kier molecular flexibility index (Phi) is 4.03. The number of fused-ring (bicyclic) bond motifs is 1. The minimum atomic E-state index is 0.830. The molecule has 3 aromatic rings. The third-order valence-corrected chi connectivity index (χ3v) is 4.84. The second kappa shape index (κ2) is 5.95. The number of rotatable bonds is 5. The van der Waals surface area contributed by atoms with Crippen LogP contribution in [0, 0.1) is 6.92 Å². The van der Waals surface area contributed by atoms with Gasteiger partial charge in [-0.25, -0.2) is 4.98 Å². The first-order chi connectivity index (χ1) is 10.2. The van der Waals surface area contributed by atoms with E-state index < -0.39 is 0 Å². The van der Waals surface area contributed by atoms with Crippen molar-refractivity contribution in [2.45, 2.75) is 33.4 Å². The molecule has 0 saturated heterocycles. The average molecular weight is 300 g/mol. The van der Waals surface area contributed by atoms with Gasteiger partial charge in [0.25, 0.3) is 0 Å². The number of hydrogen-bond donors (Lipinski definition) is 1. The molecule has 21 heavy (non-hydrogen) atoms. The van der Waals surface area contributed by atoms with Crippen molar-refractivity contribution in [2.24, 2.45) is 7.05 Å². The van der Waals surface area contributed by atoms with Gasteiger partial charge < -0.3 is 5.32 Å². The van der Waals surface area contributed by atoms with Gasteiger partial charge in [-0.2, -0.15) is 5.10 Å². The normalized spacial score (nSPS) is 11.4. The lowest BCUT2D eigenvalue weighted by atomic mass is 10.2. The number of thiophene rings is 1. The summed E-state index contributed by atoms with van der Waals surface area (Å²) in [6, 6.07) is 6.61. The molecule has 0 aromatic carbocycles. The van der Waals surface area contributed by atoms with E-state index in [1.807, 2.05) is 36.2 Å². The fraction of sp³-hybridized carbons (Fsp3) is 0.375. The van der Waals surface area contributed by atoms with Gasteiger partial charge in [0.15, 0.2) is 5.65 Å². The molecule has 0 atom stereocenters. The summed E-state index contributed by atoms with van der Waals surface area (Å²) < 4.78 is 1.83. The van der Waals surface area contributed by atoms with Gasteiger partial charge in [0.1, 0.15) is 0 Å². The van der Waals surface area contributed by atoms with Crippen molar-refractivity contribution in [1.82, 2.24) is 20.1 Å². The number of pyridine rings is 1. The Morgan fingerprint density at radius 2 is 2.05 bits per heavy atom. The van der Waals surface area contributed by atoms with Crippen LogP contribution in [0.3, 0.4) is 0 Å². The van der Waals surface area contributed by atoms with Crippen LogP contribution in [0.2, 0.25) is 0 Å². The highest BCUT2D eigenvalue weighted by Gasteiger charge is 2.07. The maximum atomic E-state index is 4.51. The lowest BCUT2D eigenvalue weighted by Crippen LogP contribution is -2.11. The summed E-state index contributed by atoms with van der Waals surface area (Å²) in [7, 11) is 1.93. The lowest BCUT2D eigenvalue weighted by Gasteiger charge is -2.04. The van der Waals surface area contributed by atoms with Crippen LogP contribution >= 0.6 is 11.3 Å². The van der Waals surface area contributed by atoms with E-state index in [1.54, 1.807) is 0 Å². The number of nitrogens with one attached hydrogen (secondary N) is 1. The van der Waals surface area contributed by atoms with E-state index in [4.69, 9.17) is 0 Å². The molecule has 0 unspecified atom stereocenters. The molecule has 0 spiro atoms. The maximum Gasteiger partial charge on any atom is 0.157 e. The van der Waals surface area contributed by atoms with Crippen molar-refractivity contribution in [1.29, 1.82) is 0 Å². The van der Waals surface area contributed by atoms with Crippen molar-refractivity contribution in [2.75, 3.05) is 0 Å². The number of hydrogen-bond acceptors (Lipinski definition) is 4. The molecule has 3 heterocycles.